The van der Waals surface area contributed by atoms with Gasteiger partial charge in [0.25, 0.3) is 0 Å². The van der Waals surface area contributed by atoms with E-state index in [9.17, 15) is 0 Å². The highest BCUT2D eigenvalue weighted by Gasteiger charge is 2.23. The van der Waals surface area contributed by atoms with Gasteiger partial charge in [0.15, 0.2) is 0 Å². The molecule has 3 heteroatoms. The quantitative estimate of drug-likeness (QED) is 0.199. The number of fused-ring (bicyclic) bond motifs is 8. The number of nitrogens with zero attached hydrogens (tertiary/aromatic N) is 2. The monoisotopic (exact) mass is 590 g/mol. The van der Waals surface area contributed by atoms with Gasteiger partial charge in [-0.05, 0) is 82.9 Å². The van der Waals surface area contributed by atoms with Crippen LogP contribution in [0.2, 0.25) is 0 Å². The fraction of sp³-hybridized carbons (Fsp3) is 0. The maximum absolute atomic E-state index is 2.46. The van der Waals surface area contributed by atoms with Crippen LogP contribution in [-0.2, 0) is 0 Å². The molecule has 3 heterocycles. The van der Waals surface area contributed by atoms with Crippen LogP contribution in [-0.4, -0.2) is 9.13 Å². The standard InChI is InChI=1S/C42H26N2S/c1-3-10-27(11-4-1)29-18-21-36-33(24-29)34-25-30(28-12-5-2-6-13-28)19-22-37(34)43(36)31-20-23-38-35(26-31)32-14-9-17-41-42(32)44(38)39-15-7-8-16-40(39)45-41/h1-26H. The number of rotatable bonds is 3. The molecule has 10 rings (SSSR count). The van der Waals surface area contributed by atoms with Crippen LogP contribution in [0.3, 0.4) is 0 Å². The first-order valence-electron chi connectivity index (χ1n) is 15.4. The maximum Gasteiger partial charge on any atom is 0.0681 e. The fourth-order valence-corrected chi connectivity index (χ4v) is 8.36. The highest BCUT2D eigenvalue weighted by Crippen LogP contribution is 2.47. The van der Waals surface area contributed by atoms with E-state index in [1.165, 1.54) is 87.0 Å². The molecule has 0 fully saturated rings. The molecule has 0 amide bonds. The Labute approximate surface area is 264 Å². The van der Waals surface area contributed by atoms with Crippen molar-refractivity contribution < 1.29 is 0 Å². The van der Waals surface area contributed by atoms with Gasteiger partial charge in [-0.25, -0.2) is 0 Å². The van der Waals surface area contributed by atoms with Gasteiger partial charge in [-0.2, -0.15) is 0 Å². The van der Waals surface area contributed by atoms with Crippen LogP contribution in [0.25, 0.3) is 77.2 Å². The lowest BCUT2D eigenvalue weighted by atomic mass is 10.0. The zero-order valence-electron chi connectivity index (χ0n) is 24.3. The van der Waals surface area contributed by atoms with Gasteiger partial charge >= 0.3 is 0 Å². The minimum absolute atomic E-state index is 1.17. The number of hydrogen-bond donors (Lipinski definition) is 0. The van der Waals surface area contributed by atoms with Gasteiger partial charge in [0.1, 0.15) is 0 Å². The molecule has 7 aromatic carbocycles. The van der Waals surface area contributed by atoms with Crippen molar-refractivity contribution in [3.8, 4) is 33.6 Å². The Morgan fingerprint density at radius 1 is 0.356 bits per heavy atom. The van der Waals surface area contributed by atoms with Crippen LogP contribution in [0, 0.1) is 0 Å². The molecule has 0 unspecified atom stereocenters. The molecule has 0 radical (unpaired) electrons. The molecule has 2 nitrogen and oxygen atoms in total. The summed E-state index contributed by atoms with van der Waals surface area (Å²) in [5.74, 6) is 0. The van der Waals surface area contributed by atoms with Crippen molar-refractivity contribution in [3.05, 3.63) is 158 Å². The minimum Gasteiger partial charge on any atom is -0.309 e. The summed E-state index contributed by atoms with van der Waals surface area (Å²) in [4.78, 5) is 2.60. The van der Waals surface area contributed by atoms with Gasteiger partial charge in [-0.1, -0.05) is 109 Å². The number of benzene rings is 7. The number of para-hydroxylation sites is 2. The summed E-state index contributed by atoms with van der Waals surface area (Å²) in [6.45, 7) is 0. The average molecular weight is 591 g/mol. The van der Waals surface area contributed by atoms with E-state index in [4.69, 9.17) is 0 Å². The second kappa shape index (κ2) is 9.49. The third-order valence-electron chi connectivity index (χ3n) is 9.30. The summed E-state index contributed by atoms with van der Waals surface area (Å²) >= 11 is 1.87. The molecule has 9 aromatic rings. The first-order valence-corrected chi connectivity index (χ1v) is 16.2. The van der Waals surface area contributed by atoms with Crippen molar-refractivity contribution in [2.45, 2.75) is 9.79 Å². The summed E-state index contributed by atoms with van der Waals surface area (Å²) < 4.78 is 4.91. The van der Waals surface area contributed by atoms with Gasteiger partial charge in [0, 0.05) is 37.0 Å². The Kier molecular flexibility index (Phi) is 5.25. The first kappa shape index (κ1) is 24.9. The van der Waals surface area contributed by atoms with Crippen molar-refractivity contribution in [2.24, 2.45) is 0 Å². The molecule has 0 N–H and O–H groups in total. The molecular weight excluding hydrogens is 565 g/mol. The second-order valence-corrected chi connectivity index (χ2v) is 12.9. The van der Waals surface area contributed by atoms with Crippen LogP contribution in [0.1, 0.15) is 0 Å². The van der Waals surface area contributed by atoms with Crippen molar-refractivity contribution in [1.29, 1.82) is 0 Å². The van der Waals surface area contributed by atoms with Gasteiger partial charge in [-0.15, -0.1) is 0 Å². The van der Waals surface area contributed by atoms with Gasteiger partial charge in [0.05, 0.1) is 27.8 Å². The van der Waals surface area contributed by atoms with E-state index < -0.39 is 0 Å². The highest BCUT2D eigenvalue weighted by atomic mass is 32.2. The van der Waals surface area contributed by atoms with Crippen LogP contribution >= 0.6 is 11.8 Å². The summed E-state index contributed by atoms with van der Waals surface area (Å²) in [7, 11) is 0. The third-order valence-corrected chi connectivity index (χ3v) is 10.4. The summed E-state index contributed by atoms with van der Waals surface area (Å²) in [5, 5.41) is 5.10. The lowest BCUT2D eigenvalue weighted by Crippen LogP contribution is -2.01. The first-order chi connectivity index (χ1) is 22.3. The molecule has 0 spiro atoms. The maximum atomic E-state index is 2.46. The van der Waals surface area contributed by atoms with Gasteiger partial charge < -0.3 is 9.13 Å². The Bertz CT molecular complexity index is 2510. The molecule has 2 aromatic heterocycles. The molecular formula is C42H26N2S. The van der Waals surface area contributed by atoms with E-state index in [1.54, 1.807) is 0 Å². The molecule has 1 aliphatic heterocycles. The van der Waals surface area contributed by atoms with Gasteiger partial charge in [-0.3, -0.25) is 0 Å². The topological polar surface area (TPSA) is 9.86 Å². The smallest absolute Gasteiger partial charge is 0.0681 e. The van der Waals surface area contributed by atoms with Crippen molar-refractivity contribution in [3.63, 3.8) is 0 Å². The summed E-state index contributed by atoms with van der Waals surface area (Å²) in [6.07, 6.45) is 0. The fourth-order valence-electron chi connectivity index (χ4n) is 7.27. The lowest BCUT2D eigenvalue weighted by molar-refractivity contribution is 1.09. The lowest BCUT2D eigenvalue weighted by Gasteiger charge is -2.19. The number of aromatic nitrogens is 2. The summed E-state index contributed by atoms with van der Waals surface area (Å²) in [5.41, 5.74) is 12.3. The Balaban J connectivity index is 1.26. The van der Waals surface area contributed by atoms with Crippen LogP contribution < -0.4 is 0 Å². The largest absolute Gasteiger partial charge is 0.309 e. The normalized spacial score (nSPS) is 12.4. The van der Waals surface area contributed by atoms with Crippen molar-refractivity contribution in [1.82, 2.24) is 9.13 Å². The van der Waals surface area contributed by atoms with E-state index in [-0.39, 0.29) is 0 Å². The zero-order valence-corrected chi connectivity index (χ0v) is 25.1. The number of hydrogen-bond acceptors (Lipinski definition) is 1. The molecule has 1 aliphatic rings. The Hall–Kier alpha value is -5.51. The predicted molar refractivity (Wildman–Crippen MR) is 190 cm³/mol. The van der Waals surface area contributed by atoms with Crippen LogP contribution in [0.15, 0.2) is 168 Å². The molecule has 210 valence electrons. The molecule has 0 saturated carbocycles. The predicted octanol–water partition coefficient (Wildman–Crippen LogP) is 11.7. The minimum atomic E-state index is 1.17. The van der Waals surface area contributed by atoms with Crippen molar-refractivity contribution >= 4 is 55.4 Å². The van der Waals surface area contributed by atoms with E-state index in [0.29, 0.717) is 0 Å². The zero-order chi connectivity index (χ0) is 29.5. The van der Waals surface area contributed by atoms with Crippen LogP contribution in [0.4, 0.5) is 0 Å². The van der Waals surface area contributed by atoms with E-state index in [1.807, 2.05) is 11.8 Å². The Morgan fingerprint density at radius 2 is 0.911 bits per heavy atom. The van der Waals surface area contributed by atoms with E-state index >= 15 is 0 Å². The van der Waals surface area contributed by atoms with E-state index in [2.05, 4.69) is 167 Å². The van der Waals surface area contributed by atoms with Gasteiger partial charge in [0.2, 0.25) is 0 Å². The average Bonchev–Trinajstić information content (AvgIpc) is 3.62. The summed E-state index contributed by atoms with van der Waals surface area (Å²) in [6, 6.07) is 57.7. The molecule has 0 atom stereocenters. The Morgan fingerprint density at radius 3 is 1.60 bits per heavy atom. The second-order valence-electron chi connectivity index (χ2n) is 11.8. The third kappa shape index (κ3) is 3.65. The molecule has 0 bridgehead atoms. The van der Waals surface area contributed by atoms with Crippen molar-refractivity contribution in [2.75, 3.05) is 0 Å². The molecule has 0 saturated heterocycles. The highest BCUT2D eigenvalue weighted by molar-refractivity contribution is 7.99. The SMILES string of the molecule is c1ccc(-c2ccc3c(c2)c2cc(-c4ccccc4)ccc2n3-c2ccc3c(c2)c2cccc4c2n3-c2ccccc2S4)cc1. The molecule has 45 heavy (non-hydrogen) atoms. The van der Waals surface area contributed by atoms with Crippen LogP contribution in [0.5, 0.6) is 0 Å². The van der Waals surface area contributed by atoms with E-state index in [0.717, 1.165) is 0 Å². The molecule has 0 aliphatic carbocycles.